The van der Waals surface area contributed by atoms with E-state index in [0.717, 1.165) is 54.2 Å². The van der Waals surface area contributed by atoms with Crippen molar-refractivity contribution in [3.8, 4) is 23.7 Å². The van der Waals surface area contributed by atoms with Crippen LogP contribution in [0.15, 0.2) is 47.4 Å². The van der Waals surface area contributed by atoms with Crippen LogP contribution in [-0.2, 0) is 16.4 Å². The van der Waals surface area contributed by atoms with Gasteiger partial charge >= 0.3 is 0 Å². The lowest BCUT2D eigenvalue weighted by atomic mass is 9.85. The Hall–Kier alpha value is -3.70. The number of nitrogens with one attached hydrogen (secondary N) is 2. The van der Waals surface area contributed by atoms with Crippen LogP contribution < -0.4 is 21.1 Å². The lowest BCUT2D eigenvalue weighted by Crippen LogP contribution is -2.52. The molecule has 1 heterocycles. The van der Waals surface area contributed by atoms with Gasteiger partial charge in [0, 0.05) is 36.0 Å². The third kappa shape index (κ3) is 7.15. The molecule has 0 saturated heterocycles. The highest BCUT2D eigenvalue weighted by molar-refractivity contribution is 7.90. The molecule has 0 aliphatic heterocycles. The molecule has 2 aromatic carbocycles. The third-order valence-corrected chi connectivity index (χ3v) is 8.88. The summed E-state index contributed by atoms with van der Waals surface area (Å²) in [5.41, 5.74) is 9.78. The molecule has 0 radical (unpaired) electrons. The van der Waals surface area contributed by atoms with Crippen molar-refractivity contribution in [3.63, 3.8) is 0 Å². The number of sulfone groups is 1. The molecule has 1 aliphatic carbocycles. The molecule has 3 aromatic rings. The monoisotopic (exact) mass is 576 g/mol. The second kappa shape index (κ2) is 12.4. The zero-order valence-electron chi connectivity index (χ0n) is 24.5. The van der Waals surface area contributed by atoms with E-state index in [1.165, 1.54) is 13.2 Å². The fraction of sp³-hybridized carbons (Fsp3) is 0.452. The van der Waals surface area contributed by atoms with Crippen LogP contribution in [0.25, 0.3) is 10.9 Å². The van der Waals surface area contributed by atoms with Crippen molar-refractivity contribution in [2.75, 3.05) is 44.6 Å². The van der Waals surface area contributed by atoms with Crippen LogP contribution in [0.2, 0.25) is 0 Å². The Morgan fingerprint density at radius 1 is 1.20 bits per heavy atom. The number of hydrogen-bond donors (Lipinski definition) is 3. The van der Waals surface area contributed by atoms with Gasteiger partial charge in [0.25, 0.3) is 0 Å². The van der Waals surface area contributed by atoms with Gasteiger partial charge in [-0.25, -0.2) is 8.42 Å². The molecule has 10 heteroatoms. The average Bonchev–Trinajstić information content (AvgIpc) is 3.28. The number of hydrogen-bond acceptors (Lipinski definition) is 8. The molecule has 41 heavy (non-hydrogen) atoms. The summed E-state index contributed by atoms with van der Waals surface area (Å²) >= 11 is 0. The molecule has 4 N–H and O–H groups in total. The van der Waals surface area contributed by atoms with Crippen LogP contribution in [0.4, 0.5) is 11.4 Å². The van der Waals surface area contributed by atoms with Crippen LogP contribution in [0.3, 0.4) is 0 Å². The Morgan fingerprint density at radius 2 is 1.93 bits per heavy atom. The van der Waals surface area contributed by atoms with Crippen LogP contribution in [0, 0.1) is 29.1 Å². The zero-order chi connectivity index (χ0) is 29.8. The number of fused-ring (bicyclic) bond motifs is 1. The normalized spacial score (nSPS) is 19.7. The number of nitrogens with zero attached hydrogens (tertiary/aromatic N) is 3. The van der Waals surface area contributed by atoms with Crippen molar-refractivity contribution in [3.05, 3.63) is 48.2 Å². The van der Waals surface area contributed by atoms with Gasteiger partial charge in [-0.05, 0) is 83.0 Å². The van der Waals surface area contributed by atoms with E-state index in [-0.39, 0.29) is 10.8 Å². The number of nitrogens with two attached hydrogens (primary N) is 1. The molecule has 1 aromatic heterocycles. The van der Waals surface area contributed by atoms with E-state index < -0.39 is 15.5 Å². The molecule has 1 atom stereocenters. The highest BCUT2D eigenvalue weighted by Gasteiger charge is 2.32. The van der Waals surface area contributed by atoms with Crippen molar-refractivity contribution in [1.29, 1.82) is 5.26 Å². The van der Waals surface area contributed by atoms with Gasteiger partial charge < -0.3 is 30.6 Å². The van der Waals surface area contributed by atoms with Crippen molar-refractivity contribution < 1.29 is 13.2 Å². The number of aromatic nitrogens is 1. The molecular formula is C31H40N6O3S. The molecule has 0 amide bonds. The minimum absolute atomic E-state index is 0.191. The summed E-state index contributed by atoms with van der Waals surface area (Å²) in [7, 11) is 2.40. The molecule has 1 aliphatic rings. The highest BCUT2D eigenvalue weighted by atomic mass is 32.2. The van der Waals surface area contributed by atoms with Gasteiger partial charge in [0.1, 0.15) is 5.75 Å². The Morgan fingerprint density at radius 3 is 2.56 bits per heavy atom. The molecule has 4 rings (SSSR count). The van der Waals surface area contributed by atoms with E-state index in [0.29, 0.717) is 30.6 Å². The number of ether oxygens (including phenoxy) is 1. The van der Waals surface area contributed by atoms with Crippen molar-refractivity contribution in [1.82, 2.24) is 9.47 Å². The number of benzene rings is 2. The summed E-state index contributed by atoms with van der Waals surface area (Å²) in [4.78, 5) is 2.47. The van der Waals surface area contributed by atoms with E-state index in [4.69, 9.17) is 10.5 Å². The predicted octanol–water partition coefficient (Wildman–Crippen LogP) is 4.25. The molecular weight excluding hydrogens is 536 g/mol. The van der Waals surface area contributed by atoms with E-state index in [1.54, 1.807) is 12.1 Å². The Labute approximate surface area is 243 Å². The predicted molar refractivity (Wildman–Crippen MR) is 165 cm³/mol. The molecule has 0 spiro atoms. The first-order valence-electron chi connectivity index (χ1n) is 13.8. The van der Waals surface area contributed by atoms with Crippen molar-refractivity contribution in [2.24, 2.45) is 11.7 Å². The van der Waals surface area contributed by atoms with E-state index >= 15 is 0 Å². The van der Waals surface area contributed by atoms with E-state index in [2.05, 4.69) is 64.2 Å². The standard InChI is InChI=1S/C31H40N6O3S/c1-22(20-32)21-37-24(8-7-17-34-28-12-11-25(41(5,38)39)19-30(28)40-4)18-26-27(9-6-10-29(26)37)35-31(33)15-13-23(14-16-31)36(2)3/h6,9-12,18-19,22-23,34-35H,13-17,21,33H2,1-5H3. The first-order chi connectivity index (χ1) is 19.4. The van der Waals surface area contributed by atoms with Gasteiger partial charge in [0.05, 0.1) is 53.1 Å². The van der Waals surface area contributed by atoms with E-state index in [9.17, 15) is 13.7 Å². The van der Waals surface area contributed by atoms with Crippen LogP contribution in [-0.4, -0.2) is 63.6 Å². The second-order valence-corrected chi connectivity index (χ2v) is 13.2. The third-order valence-electron chi connectivity index (χ3n) is 7.77. The Bertz CT molecular complexity index is 1600. The smallest absolute Gasteiger partial charge is 0.175 e. The number of rotatable bonds is 9. The van der Waals surface area contributed by atoms with Gasteiger partial charge in [-0.1, -0.05) is 12.0 Å². The van der Waals surface area contributed by atoms with Crippen LogP contribution in [0.5, 0.6) is 5.75 Å². The van der Waals surface area contributed by atoms with Crippen LogP contribution in [0.1, 0.15) is 38.3 Å². The largest absolute Gasteiger partial charge is 0.495 e. The molecule has 1 fully saturated rings. The van der Waals surface area contributed by atoms with Gasteiger partial charge in [0.15, 0.2) is 9.84 Å². The summed E-state index contributed by atoms with van der Waals surface area (Å²) in [5, 5.41) is 17.4. The van der Waals surface area contributed by atoms with Gasteiger partial charge in [-0.15, -0.1) is 0 Å². The van der Waals surface area contributed by atoms with Gasteiger partial charge in [0.2, 0.25) is 0 Å². The quantitative estimate of drug-likeness (QED) is 0.255. The number of anilines is 2. The molecule has 0 bridgehead atoms. The minimum atomic E-state index is -3.34. The summed E-state index contributed by atoms with van der Waals surface area (Å²) in [6.45, 7) is 2.73. The average molecular weight is 577 g/mol. The first kappa shape index (κ1) is 30.3. The summed E-state index contributed by atoms with van der Waals surface area (Å²) in [6, 6.07) is 15.8. The van der Waals surface area contributed by atoms with Crippen molar-refractivity contribution in [2.45, 2.75) is 55.8 Å². The first-order valence-corrected chi connectivity index (χ1v) is 15.7. The highest BCUT2D eigenvalue weighted by Crippen LogP contribution is 2.34. The van der Waals surface area contributed by atoms with Gasteiger partial charge in [-0.2, -0.15) is 5.26 Å². The second-order valence-electron chi connectivity index (χ2n) is 11.2. The minimum Gasteiger partial charge on any atom is -0.495 e. The lowest BCUT2D eigenvalue weighted by Gasteiger charge is -2.40. The van der Waals surface area contributed by atoms with Gasteiger partial charge in [-0.3, -0.25) is 0 Å². The topological polar surface area (TPSA) is 125 Å². The lowest BCUT2D eigenvalue weighted by molar-refractivity contribution is 0.186. The molecule has 1 unspecified atom stereocenters. The molecule has 9 nitrogen and oxygen atoms in total. The fourth-order valence-electron chi connectivity index (χ4n) is 5.36. The number of nitriles is 1. The summed E-state index contributed by atoms with van der Waals surface area (Å²) in [5.74, 6) is 6.68. The fourth-order valence-corrected chi connectivity index (χ4v) is 5.99. The number of methoxy groups -OCH3 is 1. The Balaban J connectivity index is 1.59. The maximum absolute atomic E-state index is 11.9. The summed E-state index contributed by atoms with van der Waals surface area (Å²) in [6.07, 6.45) is 5.00. The molecule has 218 valence electrons. The molecule has 1 saturated carbocycles. The maximum atomic E-state index is 11.9. The Kier molecular flexibility index (Phi) is 9.18. The van der Waals surface area contributed by atoms with Crippen LogP contribution >= 0.6 is 0 Å². The van der Waals surface area contributed by atoms with E-state index in [1.807, 2.05) is 19.1 Å². The summed E-state index contributed by atoms with van der Waals surface area (Å²) < 4.78 is 31.3. The van der Waals surface area contributed by atoms with Crippen molar-refractivity contribution >= 4 is 32.1 Å². The zero-order valence-corrected chi connectivity index (χ0v) is 25.3. The SMILES string of the molecule is COc1cc(S(C)(=O)=O)ccc1NCC#Cc1cc2c(NC3(N)CCC(N(C)C)CC3)cccc2n1CC(C)C#N. The maximum Gasteiger partial charge on any atom is 0.175 e.